The predicted octanol–water partition coefficient (Wildman–Crippen LogP) is 2.49. The van der Waals surface area contributed by atoms with Gasteiger partial charge in [0.05, 0.1) is 0 Å². The van der Waals surface area contributed by atoms with Crippen LogP contribution in [-0.4, -0.2) is 33.2 Å². The summed E-state index contributed by atoms with van der Waals surface area (Å²) in [5.74, 6) is -0.483. The fourth-order valence-electron chi connectivity index (χ4n) is 2.02. The fourth-order valence-corrected chi connectivity index (χ4v) is 2.65. The van der Waals surface area contributed by atoms with Gasteiger partial charge in [0.15, 0.2) is 0 Å². The summed E-state index contributed by atoms with van der Waals surface area (Å²) in [4.78, 5) is 27.2. The van der Waals surface area contributed by atoms with E-state index >= 15 is 0 Å². The van der Waals surface area contributed by atoms with Gasteiger partial charge in [-0.1, -0.05) is 24.9 Å². The molecule has 1 amide bonds. The van der Waals surface area contributed by atoms with Gasteiger partial charge in [0.1, 0.15) is 6.04 Å². The number of nitrogens with zero attached hydrogens (tertiary/aromatic N) is 2. The van der Waals surface area contributed by atoms with E-state index in [2.05, 4.69) is 15.5 Å². The lowest BCUT2D eigenvalue weighted by atomic mass is 10.1. The van der Waals surface area contributed by atoms with Crippen molar-refractivity contribution in [1.29, 1.82) is 0 Å². The minimum Gasteiger partial charge on any atom is -0.480 e. The number of thiophene rings is 1. The summed E-state index contributed by atoms with van der Waals surface area (Å²) in [5, 5.41) is 19.3. The van der Waals surface area contributed by atoms with Crippen LogP contribution in [-0.2, 0) is 16.0 Å². The molecule has 0 aliphatic carbocycles. The van der Waals surface area contributed by atoms with Crippen LogP contribution < -0.4 is 5.32 Å². The van der Waals surface area contributed by atoms with Crippen molar-refractivity contribution in [2.75, 3.05) is 0 Å². The number of unbranched alkanes of at least 4 members (excludes halogenated alkanes) is 1. The maximum atomic E-state index is 11.9. The Morgan fingerprint density at radius 2 is 2.30 bits per heavy atom. The zero-order chi connectivity index (χ0) is 16.7. The van der Waals surface area contributed by atoms with E-state index in [1.807, 2.05) is 23.8 Å². The van der Waals surface area contributed by atoms with E-state index in [1.165, 1.54) is 11.3 Å². The summed E-state index contributed by atoms with van der Waals surface area (Å²) in [6.45, 7) is 1.97. The third-order valence-electron chi connectivity index (χ3n) is 3.29. The van der Waals surface area contributed by atoms with Crippen LogP contribution >= 0.6 is 11.3 Å². The molecule has 0 saturated carbocycles. The largest absolute Gasteiger partial charge is 0.480 e. The van der Waals surface area contributed by atoms with E-state index in [1.54, 1.807) is 0 Å². The minimum atomic E-state index is -1.01. The molecule has 0 bridgehead atoms. The number of aromatic nitrogens is 2. The van der Waals surface area contributed by atoms with Gasteiger partial charge >= 0.3 is 5.97 Å². The Labute approximate surface area is 137 Å². The smallest absolute Gasteiger partial charge is 0.326 e. The van der Waals surface area contributed by atoms with E-state index in [-0.39, 0.29) is 18.7 Å². The highest BCUT2D eigenvalue weighted by Crippen LogP contribution is 2.18. The first-order valence-corrected chi connectivity index (χ1v) is 8.41. The Hall–Kier alpha value is -2.22. The lowest BCUT2D eigenvalue weighted by molar-refractivity contribution is -0.142. The maximum absolute atomic E-state index is 11.9. The number of carbonyl (C=O) groups is 2. The molecule has 0 spiro atoms. The molecule has 0 aliphatic rings. The number of carbonyl (C=O) groups excluding carboxylic acids is 1. The number of carboxylic acid groups (broad SMARTS) is 1. The van der Waals surface area contributed by atoms with Crippen molar-refractivity contribution < 1.29 is 19.2 Å². The van der Waals surface area contributed by atoms with Gasteiger partial charge in [-0.3, -0.25) is 4.79 Å². The summed E-state index contributed by atoms with van der Waals surface area (Å²) in [6.07, 6.45) is 2.46. The molecule has 1 atom stereocenters. The second-order valence-corrected chi connectivity index (χ2v) is 5.90. The molecule has 0 aliphatic heterocycles. The van der Waals surface area contributed by atoms with E-state index < -0.39 is 12.0 Å². The third kappa shape index (κ3) is 5.17. The topological polar surface area (TPSA) is 105 Å². The zero-order valence-corrected chi connectivity index (χ0v) is 13.6. The van der Waals surface area contributed by atoms with Crippen molar-refractivity contribution in [3.8, 4) is 11.4 Å². The summed E-state index contributed by atoms with van der Waals surface area (Å²) >= 11 is 1.54. The molecule has 8 heteroatoms. The van der Waals surface area contributed by atoms with E-state index in [0.717, 1.165) is 18.4 Å². The van der Waals surface area contributed by atoms with Crippen LogP contribution in [0.4, 0.5) is 0 Å². The molecule has 0 unspecified atom stereocenters. The molecule has 0 fully saturated rings. The SMILES string of the molecule is CCCC[C@H](NC(=O)CCc1nc(-c2ccsc2)no1)C(=O)O. The number of nitrogens with one attached hydrogen (secondary N) is 1. The Morgan fingerprint density at radius 1 is 1.48 bits per heavy atom. The molecule has 2 rings (SSSR count). The third-order valence-corrected chi connectivity index (χ3v) is 3.98. The normalized spacial score (nSPS) is 12.0. The van der Waals surface area contributed by atoms with Crippen molar-refractivity contribution in [2.45, 2.75) is 45.1 Å². The highest BCUT2D eigenvalue weighted by Gasteiger charge is 2.19. The summed E-state index contributed by atoms with van der Waals surface area (Å²) in [6, 6.07) is 1.04. The van der Waals surface area contributed by atoms with Gasteiger partial charge in [-0.25, -0.2) is 4.79 Å². The molecule has 0 aromatic carbocycles. The molecule has 0 saturated heterocycles. The summed E-state index contributed by atoms with van der Waals surface area (Å²) < 4.78 is 5.10. The van der Waals surface area contributed by atoms with E-state index in [0.29, 0.717) is 18.1 Å². The van der Waals surface area contributed by atoms with Crippen LogP contribution in [0.3, 0.4) is 0 Å². The Morgan fingerprint density at radius 3 is 2.96 bits per heavy atom. The molecule has 2 aromatic heterocycles. The highest BCUT2D eigenvalue weighted by atomic mass is 32.1. The fraction of sp³-hybridized carbons (Fsp3) is 0.467. The quantitative estimate of drug-likeness (QED) is 0.728. The first-order valence-electron chi connectivity index (χ1n) is 7.47. The average Bonchev–Trinajstić information content (AvgIpc) is 3.19. The predicted molar refractivity (Wildman–Crippen MR) is 85.0 cm³/mol. The molecule has 0 radical (unpaired) electrons. The summed E-state index contributed by atoms with van der Waals surface area (Å²) in [5.41, 5.74) is 0.875. The van der Waals surface area contributed by atoms with Crippen molar-refractivity contribution in [3.05, 3.63) is 22.7 Å². The molecular formula is C15H19N3O4S. The number of hydrogen-bond donors (Lipinski definition) is 2. The first-order chi connectivity index (χ1) is 11.1. The van der Waals surface area contributed by atoms with Crippen molar-refractivity contribution in [1.82, 2.24) is 15.5 Å². The molecular weight excluding hydrogens is 318 g/mol. The zero-order valence-electron chi connectivity index (χ0n) is 12.8. The number of aliphatic carboxylic acids is 1. The Balaban J connectivity index is 1.83. The molecule has 23 heavy (non-hydrogen) atoms. The maximum Gasteiger partial charge on any atom is 0.326 e. The van der Waals surface area contributed by atoms with Crippen molar-refractivity contribution in [2.24, 2.45) is 0 Å². The number of hydrogen-bond acceptors (Lipinski definition) is 6. The molecule has 2 aromatic rings. The number of aryl methyl sites for hydroxylation is 1. The van der Waals surface area contributed by atoms with Gasteiger partial charge in [0, 0.05) is 23.8 Å². The van der Waals surface area contributed by atoms with Crippen LogP contribution in [0.1, 0.15) is 38.5 Å². The molecule has 124 valence electrons. The van der Waals surface area contributed by atoms with E-state index in [4.69, 9.17) is 9.63 Å². The van der Waals surface area contributed by atoms with Gasteiger partial charge in [0.2, 0.25) is 17.6 Å². The second kappa shape index (κ2) is 8.42. The van der Waals surface area contributed by atoms with Crippen molar-refractivity contribution in [3.63, 3.8) is 0 Å². The standard InChI is InChI=1S/C15H19N3O4S/c1-2-3-4-11(15(20)21)16-12(19)5-6-13-17-14(18-22-13)10-7-8-23-9-10/h7-9,11H,2-6H2,1H3,(H,16,19)(H,20,21)/t11-/m0/s1. The number of amides is 1. The number of carboxylic acids is 1. The van der Waals surface area contributed by atoms with Gasteiger partial charge < -0.3 is 14.9 Å². The Bertz CT molecular complexity index is 639. The lowest BCUT2D eigenvalue weighted by Crippen LogP contribution is -2.40. The number of rotatable bonds is 9. The second-order valence-electron chi connectivity index (χ2n) is 5.12. The van der Waals surface area contributed by atoms with Gasteiger partial charge in [0.25, 0.3) is 0 Å². The molecule has 7 nitrogen and oxygen atoms in total. The van der Waals surface area contributed by atoms with Crippen LogP contribution in [0.15, 0.2) is 21.3 Å². The van der Waals surface area contributed by atoms with Gasteiger partial charge in [-0.15, -0.1) is 0 Å². The van der Waals surface area contributed by atoms with Gasteiger partial charge in [-0.2, -0.15) is 16.3 Å². The highest BCUT2D eigenvalue weighted by molar-refractivity contribution is 7.08. The molecule has 2 heterocycles. The van der Waals surface area contributed by atoms with Crippen LogP contribution in [0.2, 0.25) is 0 Å². The molecule has 2 N–H and O–H groups in total. The average molecular weight is 337 g/mol. The monoisotopic (exact) mass is 337 g/mol. The Kier molecular flexibility index (Phi) is 6.28. The minimum absolute atomic E-state index is 0.112. The van der Waals surface area contributed by atoms with Crippen molar-refractivity contribution >= 4 is 23.2 Å². The van der Waals surface area contributed by atoms with Crippen LogP contribution in [0.25, 0.3) is 11.4 Å². The van der Waals surface area contributed by atoms with Gasteiger partial charge in [-0.05, 0) is 17.9 Å². The first kappa shape index (κ1) is 17.1. The van der Waals surface area contributed by atoms with Crippen LogP contribution in [0.5, 0.6) is 0 Å². The van der Waals surface area contributed by atoms with Crippen LogP contribution in [0, 0.1) is 0 Å². The lowest BCUT2D eigenvalue weighted by Gasteiger charge is -2.13. The van der Waals surface area contributed by atoms with E-state index in [9.17, 15) is 9.59 Å². The summed E-state index contributed by atoms with van der Waals surface area (Å²) in [7, 11) is 0.